The van der Waals surface area contributed by atoms with Crippen LogP contribution in [0.15, 0.2) is 57.7 Å². The molecule has 1 amide bonds. The molecule has 33 heavy (non-hydrogen) atoms. The highest BCUT2D eigenvalue weighted by Gasteiger charge is 2.27. The normalized spacial score (nSPS) is 12.3. The Morgan fingerprint density at radius 1 is 1.09 bits per heavy atom. The van der Waals surface area contributed by atoms with Crippen molar-refractivity contribution in [3.05, 3.63) is 75.6 Å². The van der Waals surface area contributed by atoms with E-state index in [1.54, 1.807) is 26.8 Å². The first-order valence-electron chi connectivity index (χ1n) is 10.9. The van der Waals surface area contributed by atoms with Gasteiger partial charge in [0.15, 0.2) is 0 Å². The quantitative estimate of drug-likeness (QED) is 0.331. The van der Waals surface area contributed by atoms with Crippen molar-refractivity contribution in [2.45, 2.75) is 59.1 Å². The summed E-state index contributed by atoms with van der Waals surface area (Å²) in [5.41, 5.74) is 1.56. The number of aryl methyl sites for hydroxylation is 2. The van der Waals surface area contributed by atoms with E-state index in [0.717, 1.165) is 22.1 Å². The average molecular weight is 452 g/mol. The molecule has 0 unspecified atom stereocenters. The molecule has 7 nitrogen and oxygen atoms in total. The smallest absolute Gasteiger partial charge is 0.408 e. The molecule has 0 fully saturated rings. The van der Waals surface area contributed by atoms with E-state index in [1.807, 2.05) is 50.2 Å². The Morgan fingerprint density at radius 2 is 1.79 bits per heavy atom. The molecular formula is C26H29NO6. The maximum absolute atomic E-state index is 13.2. The minimum Gasteiger partial charge on any atom is -0.444 e. The lowest BCUT2D eigenvalue weighted by Gasteiger charge is -2.23. The molecule has 7 heteroatoms. The number of alkyl carbamates (subject to hydrolysis) is 1. The molecule has 3 rings (SSSR count). The van der Waals surface area contributed by atoms with Crippen molar-refractivity contribution >= 4 is 23.0 Å². The second-order valence-electron chi connectivity index (χ2n) is 8.87. The molecule has 0 bridgehead atoms. The van der Waals surface area contributed by atoms with Crippen molar-refractivity contribution in [1.82, 2.24) is 5.32 Å². The zero-order valence-electron chi connectivity index (χ0n) is 19.6. The maximum Gasteiger partial charge on any atom is 0.408 e. The molecule has 1 atom stereocenters. The number of rotatable bonds is 6. The van der Waals surface area contributed by atoms with Gasteiger partial charge in [0.25, 0.3) is 0 Å². The second-order valence-corrected chi connectivity index (χ2v) is 8.87. The van der Waals surface area contributed by atoms with Crippen molar-refractivity contribution in [3.8, 4) is 5.75 Å². The highest BCUT2D eigenvalue weighted by molar-refractivity contribution is 5.86. The lowest BCUT2D eigenvalue weighted by Crippen LogP contribution is -2.46. The average Bonchev–Trinajstić information content (AvgIpc) is 2.72. The van der Waals surface area contributed by atoms with Gasteiger partial charge < -0.3 is 19.2 Å². The lowest BCUT2D eigenvalue weighted by molar-refractivity contribution is -0.136. The van der Waals surface area contributed by atoms with Crippen LogP contribution in [0.2, 0.25) is 0 Å². The number of ether oxygens (including phenoxy) is 2. The fraction of sp³-hybridized carbons (Fsp3) is 0.346. The first kappa shape index (κ1) is 24.0. The van der Waals surface area contributed by atoms with Crippen LogP contribution in [0.1, 0.15) is 44.4 Å². The van der Waals surface area contributed by atoms with E-state index in [-0.39, 0.29) is 12.2 Å². The summed E-state index contributed by atoms with van der Waals surface area (Å²) in [5.74, 6) is -0.360. The first-order valence-corrected chi connectivity index (χ1v) is 10.9. The van der Waals surface area contributed by atoms with Crippen LogP contribution in [0.25, 0.3) is 11.0 Å². The van der Waals surface area contributed by atoms with E-state index in [4.69, 9.17) is 13.9 Å². The van der Waals surface area contributed by atoms with Gasteiger partial charge in [0, 0.05) is 23.9 Å². The summed E-state index contributed by atoms with van der Waals surface area (Å²) in [4.78, 5) is 37.4. The summed E-state index contributed by atoms with van der Waals surface area (Å²) in [5, 5.41) is 3.40. The number of amides is 1. The molecule has 174 valence electrons. The van der Waals surface area contributed by atoms with Crippen LogP contribution in [0.4, 0.5) is 4.79 Å². The monoisotopic (exact) mass is 451 g/mol. The van der Waals surface area contributed by atoms with Gasteiger partial charge in [-0.05, 0) is 56.9 Å². The number of esters is 1. The molecule has 0 aliphatic rings. The number of carbonyl (C=O) groups is 2. The maximum atomic E-state index is 13.2. The zero-order valence-corrected chi connectivity index (χ0v) is 19.6. The van der Waals surface area contributed by atoms with Gasteiger partial charge in [-0.25, -0.2) is 14.4 Å². The Hall–Kier alpha value is -3.61. The predicted molar refractivity (Wildman–Crippen MR) is 126 cm³/mol. The van der Waals surface area contributed by atoms with Crippen LogP contribution < -0.4 is 15.7 Å². The minimum absolute atomic E-state index is 0.224. The molecule has 0 aliphatic heterocycles. The van der Waals surface area contributed by atoms with Crippen molar-refractivity contribution < 1.29 is 23.5 Å². The van der Waals surface area contributed by atoms with Gasteiger partial charge in [-0.1, -0.05) is 37.3 Å². The third-order valence-electron chi connectivity index (χ3n) is 4.98. The molecule has 0 aliphatic carbocycles. The van der Waals surface area contributed by atoms with E-state index in [1.165, 1.54) is 6.07 Å². The third kappa shape index (κ3) is 6.44. The predicted octanol–water partition coefficient (Wildman–Crippen LogP) is 4.71. The lowest BCUT2D eigenvalue weighted by atomic mass is 10.0. The molecule has 0 spiro atoms. The van der Waals surface area contributed by atoms with Crippen LogP contribution in [0.5, 0.6) is 5.75 Å². The fourth-order valence-electron chi connectivity index (χ4n) is 3.43. The molecule has 1 heterocycles. The van der Waals surface area contributed by atoms with Crippen molar-refractivity contribution in [1.29, 1.82) is 0 Å². The van der Waals surface area contributed by atoms with Gasteiger partial charge in [-0.3, -0.25) is 0 Å². The largest absolute Gasteiger partial charge is 0.444 e. The Labute approximate surface area is 192 Å². The molecule has 0 saturated heterocycles. The van der Waals surface area contributed by atoms with Crippen LogP contribution in [0, 0.1) is 6.92 Å². The number of hydrogen-bond acceptors (Lipinski definition) is 6. The van der Waals surface area contributed by atoms with E-state index < -0.39 is 29.3 Å². The Morgan fingerprint density at radius 3 is 2.42 bits per heavy atom. The number of fused-ring (bicyclic) bond motifs is 1. The summed E-state index contributed by atoms with van der Waals surface area (Å²) < 4.78 is 16.3. The van der Waals surface area contributed by atoms with E-state index in [9.17, 15) is 14.4 Å². The van der Waals surface area contributed by atoms with Crippen molar-refractivity contribution in [2.75, 3.05) is 0 Å². The Balaban J connectivity index is 1.91. The molecule has 1 N–H and O–H groups in total. The molecule has 0 radical (unpaired) electrons. The Bertz CT molecular complexity index is 1210. The van der Waals surface area contributed by atoms with E-state index in [2.05, 4.69) is 5.32 Å². The van der Waals surface area contributed by atoms with Crippen LogP contribution >= 0.6 is 0 Å². The highest BCUT2D eigenvalue weighted by atomic mass is 16.6. The van der Waals surface area contributed by atoms with Gasteiger partial charge in [0.1, 0.15) is 23.0 Å². The van der Waals surface area contributed by atoms with E-state index in [0.29, 0.717) is 12.0 Å². The summed E-state index contributed by atoms with van der Waals surface area (Å²) >= 11 is 0. The molecule has 0 saturated carbocycles. The summed E-state index contributed by atoms with van der Waals surface area (Å²) in [6, 6.07) is 13.2. The molecule has 1 aromatic heterocycles. The van der Waals surface area contributed by atoms with Crippen molar-refractivity contribution in [2.24, 2.45) is 0 Å². The second kappa shape index (κ2) is 9.90. The molecular weight excluding hydrogens is 422 g/mol. The van der Waals surface area contributed by atoms with Crippen molar-refractivity contribution in [3.63, 3.8) is 0 Å². The topological polar surface area (TPSA) is 94.8 Å². The van der Waals surface area contributed by atoms with Crippen LogP contribution in [-0.2, 0) is 22.4 Å². The summed E-state index contributed by atoms with van der Waals surface area (Å²) in [6.45, 7) is 9.00. The fourth-order valence-corrected chi connectivity index (χ4v) is 3.43. The number of hydrogen-bond donors (Lipinski definition) is 1. The van der Waals surface area contributed by atoms with Crippen LogP contribution in [-0.4, -0.2) is 23.7 Å². The highest BCUT2D eigenvalue weighted by Crippen LogP contribution is 2.28. The first-order chi connectivity index (χ1) is 15.6. The number of nitrogens with one attached hydrogen (secondary N) is 1. The van der Waals surface area contributed by atoms with Gasteiger partial charge in [0.2, 0.25) is 0 Å². The number of carbonyl (C=O) groups excluding carboxylic acids is 2. The molecule has 3 aromatic rings. The van der Waals surface area contributed by atoms with Crippen LogP contribution in [0.3, 0.4) is 0 Å². The number of benzene rings is 2. The summed E-state index contributed by atoms with van der Waals surface area (Å²) in [7, 11) is 0. The molecule has 2 aromatic carbocycles. The zero-order chi connectivity index (χ0) is 24.2. The Kier molecular flexibility index (Phi) is 7.21. The third-order valence-corrected chi connectivity index (χ3v) is 4.98. The summed E-state index contributed by atoms with van der Waals surface area (Å²) in [6.07, 6.45) is 0.110. The standard InChI is InChI=1S/C26H29NO6/c1-6-18-14-19-16(2)12-23(28)31-22(19)15-21(18)32-24(29)20(13-17-10-8-7-9-11-17)27-25(30)33-26(3,4)5/h7-12,14-15,20H,6,13H2,1-5H3,(H,27,30)/t20-/m0/s1. The van der Waals surface area contributed by atoms with Gasteiger partial charge >= 0.3 is 17.7 Å². The minimum atomic E-state index is -0.979. The van der Waals surface area contributed by atoms with Gasteiger partial charge in [-0.2, -0.15) is 0 Å². The van der Waals surface area contributed by atoms with E-state index >= 15 is 0 Å². The van der Waals surface area contributed by atoms with Gasteiger partial charge in [-0.15, -0.1) is 0 Å². The van der Waals surface area contributed by atoms with Gasteiger partial charge in [0.05, 0.1) is 0 Å². The SMILES string of the molecule is CCc1cc2c(C)cc(=O)oc2cc1OC(=O)[C@H](Cc1ccccc1)NC(=O)OC(C)(C)C.